The molecule has 0 saturated carbocycles. The van der Waals surface area contributed by atoms with Crippen molar-refractivity contribution in [3.8, 4) is 0 Å². The van der Waals surface area contributed by atoms with Gasteiger partial charge in [-0.2, -0.15) is 0 Å². The second-order valence-electron chi connectivity index (χ2n) is 3.54. The quantitative estimate of drug-likeness (QED) is 0.797. The van der Waals surface area contributed by atoms with Crippen LogP contribution in [0, 0.1) is 6.92 Å². The van der Waals surface area contributed by atoms with Crippen molar-refractivity contribution in [2.45, 2.75) is 19.4 Å². The van der Waals surface area contributed by atoms with Gasteiger partial charge in [0.2, 0.25) is 6.10 Å². The van der Waals surface area contributed by atoms with Crippen LogP contribution in [0.3, 0.4) is 0 Å². The third-order valence-corrected chi connectivity index (χ3v) is 2.30. The molecule has 0 saturated heterocycles. The molecule has 0 unspecified atom stereocenters. The first-order valence-electron chi connectivity index (χ1n) is 4.69. The Morgan fingerprint density at radius 1 is 1.60 bits per heavy atom. The summed E-state index contributed by atoms with van der Waals surface area (Å²) < 4.78 is 0. The summed E-state index contributed by atoms with van der Waals surface area (Å²) in [5.41, 5.74) is 2.75. The molecule has 0 amide bonds. The maximum atomic E-state index is 10.6. The summed E-state index contributed by atoms with van der Waals surface area (Å²) >= 11 is 0. The van der Waals surface area contributed by atoms with Gasteiger partial charge < -0.3 is 9.94 Å². The Hall–Kier alpha value is -1.84. The van der Waals surface area contributed by atoms with Crippen molar-refractivity contribution in [3.05, 3.63) is 35.4 Å². The van der Waals surface area contributed by atoms with Crippen molar-refractivity contribution in [1.82, 2.24) is 0 Å². The lowest BCUT2D eigenvalue weighted by molar-refractivity contribution is -0.148. The summed E-state index contributed by atoms with van der Waals surface area (Å²) in [4.78, 5) is 15.5. The molecule has 1 N–H and O–H groups in total. The second kappa shape index (κ2) is 3.73. The van der Waals surface area contributed by atoms with Crippen LogP contribution in [0.15, 0.2) is 29.4 Å². The number of oxime groups is 1. The lowest BCUT2D eigenvalue weighted by Gasteiger charge is -2.00. The minimum Gasteiger partial charge on any atom is -0.478 e. The Morgan fingerprint density at radius 3 is 3.00 bits per heavy atom. The van der Waals surface area contributed by atoms with Gasteiger partial charge in [-0.1, -0.05) is 35.0 Å². The van der Waals surface area contributed by atoms with Crippen LogP contribution >= 0.6 is 0 Å². The first-order valence-corrected chi connectivity index (χ1v) is 4.69. The van der Waals surface area contributed by atoms with E-state index in [0.29, 0.717) is 12.1 Å². The van der Waals surface area contributed by atoms with Crippen molar-refractivity contribution in [2.24, 2.45) is 5.16 Å². The highest BCUT2D eigenvalue weighted by atomic mass is 16.7. The molecule has 78 valence electrons. The summed E-state index contributed by atoms with van der Waals surface area (Å²) in [7, 11) is 0. The summed E-state index contributed by atoms with van der Waals surface area (Å²) in [6, 6.07) is 7.77. The van der Waals surface area contributed by atoms with E-state index in [0.717, 1.165) is 11.1 Å². The minimum absolute atomic E-state index is 0.332. The van der Waals surface area contributed by atoms with Gasteiger partial charge >= 0.3 is 5.97 Å². The number of carbonyl (C=O) groups is 1. The third kappa shape index (κ3) is 1.98. The van der Waals surface area contributed by atoms with E-state index in [9.17, 15) is 4.79 Å². The van der Waals surface area contributed by atoms with E-state index in [2.05, 4.69) is 5.16 Å². The smallest absolute Gasteiger partial charge is 0.348 e. The molecule has 0 fully saturated rings. The van der Waals surface area contributed by atoms with Gasteiger partial charge in [-0.15, -0.1) is 0 Å². The van der Waals surface area contributed by atoms with Crippen molar-refractivity contribution >= 4 is 11.7 Å². The molecule has 0 spiro atoms. The van der Waals surface area contributed by atoms with Gasteiger partial charge in [0.1, 0.15) is 0 Å². The van der Waals surface area contributed by atoms with Crippen LogP contribution < -0.4 is 0 Å². The van der Waals surface area contributed by atoms with E-state index < -0.39 is 12.1 Å². The topological polar surface area (TPSA) is 58.9 Å². The van der Waals surface area contributed by atoms with Gasteiger partial charge in [0.15, 0.2) is 0 Å². The maximum Gasteiger partial charge on any atom is 0.348 e. The molecule has 0 aliphatic carbocycles. The molecule has 1 aliphatic rings. The fourth-order valence-electron chi connectivity index (χ4n) is 1.50. The van der Waals surface area contributed by atoms with E-state index in [-0.39, 0.29) is 0 Å². The Kier molecular flexibility index (Phi) is 2.41. The number of aryl methyl sites for hydroxylation is 1. The third-order valence-electron chi connectivity index (χ3n) is 2.30. The lowest BCUT2D eigenvalue weighted by atomic mass is 10.0. The van der Waals surface area contributed by atoms with E-state index in [1.54, 1.807) is 0 Å². The molecule has 1 aromatic rings. The molecule has 1 aromatic carbocycles. The predicted octanol–water partition coefficient (Wildman–Crippen LogP) is 1.57. The molecule has 0 bridgehead atoms. The highest BCUT2D eigenvalue weighted by molar-refractivity contribution is 6.03. The van der Waals surface area contributed by atoms with Crippen LogP contribution in [0.5, 0.6) is 0 Å². The van der Waals surface area contributed by atoms with Crippen LogP contribution in [0.4, 0.5) is 0 Å². The molecule has 15 heavy (non-hydrogen) atoms. The number of rotatable bonds is 2. The van der Waals surface area contributed by atoms with Crippen LogP contribution in [0.25, 0.3) is 0 Å². The summed E-state index contributed by atoms with van der Waals surface area (Å²) in [5.74, 6) is -0.971. The lowest BCUT2D eigenvalue weighted by Crippen LogP contribution is -2.19. The van der Waals surface area contributed by atoms with Crippen LogP contribution in [0.1, 0.15) is 17.5 Å². The molecule has 1 heterocycles. The normalized spacial score (nSPS) is 19.5. The highest BCUT2D eigenvalue weighted by Crippen LogP contribution is 2.17. The SMILES string of the molecule is Cc1cccc(C2=NO[C@H](C(=O)O)C2)c1. The minimum atomic E-state index is -0.971. The molecule has 4 nitrogen and oxygen atoms in total. The molecular weight excluding hydrogens is 194 g/mol. The number of carboxylic acid groups (broad SMARTS) is 1. The van der Waals surface area contributed by atoms with Gasteiger partial charge in [0.25, 0.3) is 0 Å². The molecule has 2 rings (SSSR count). The monoisotopic (exact) mass is 205 g/mol. The molecule has 1 aliphatic heterocycles. The van der Waals surface area contributed by atoms with E-state index in [4.69, 9.17) is 9.94 Å². The molecule has 0 aromatic heterocycles. The first kappa shape index (κ1) is 9.71. The summed E-state index contributed by atoms with van der Waals surface area (Å²) in [5, 5.41) is 12.5. The zero-order chi connectivity index (χ0) is 10.8. The van der Waals surface area contributed by atoms with E-state index >= 15 is 0 Å². The number of hydrogen-bond acceptors (Lipinski definition) is 3. The number of aliphatic carboxylic acids is 1. The average molecular weight is 205 g/mol. The van der Waals surface area contributed by atoms with Gasteiger partial charge in [0, 0.05) is 6.42 Å². The number of nitrogens with zero attached hydrogens (tertiary/aromatic N) is 1. The zero-order valence-electron chi connectivity index (χ0n) is 8.30. The van der Waals surface area contributed by atoms with Gasteiger partial charge in [-0.3, -0.25) is 0 Å². The zero-order valence-corrected chi connectivity index (χ0v) is 8.30. The van der Waals surface area contributed by atoms with Gasteiger partial charge in [-0.05, 0) is 12.5 Å². The van der Waals surface area contributed by atoms with Gasteiger partial charge in [-0.25, -0.2) is 4.79 Å². The summed E-state index contributed by atoms with van der Waals surface area (Å²) in [6.07, 6.45) is -0.501. The Labute approximate surface area is 87.2 Å². The van der Waals surface area contributed by atoms with E-state index in [1.165, 1.54) is 0 Å². The predicted molar refractivity (Wildman–Crippen MR) is 54.8 cm³/mol. The molecule has 4 heteroatoms. The van der Waals surface area contributed by atoms with Crippen molar-refractivity contribution in [3.63, 3.8) is 0 Å². The largest absolute Gasteiger partial charge is 0.478 e. The highest BCUT2D eigenvalue weighted by Gasteiger charge is 2.28. The summed E-state index contributed by atoms with van der Waals surface area (Å²) in [6.45, 7) is 1.98. The Morgan fingerprint density at radius 2 is 2.40 bits per heavy atom. The standard InChI is InChI=1S/C11H11NO3/c1-7-3-2-4-8(5-7)9-6-10(11(13)14)15-12-9/h2-5,10H,6H2,1H3,(H,13,14)/t10-/m0/s1. The fraction of sp³-hybridized carbons (Fsp3) is 0.273. The average Bonchev–Trinajstić information content (AvgIpc) is 2.66. The Bertz CT molecular complexity index is 426. The number of benzene rings is 1. The Balaban J connectivity index is 2.17. The van der Waals surface area contributed by atoms with Crippen molar-refractivity contribution in [2.75, 3.05) is 0 Å². The first-order chi connectivity index (χ1) is 7.16. The molecule has 0 radical (unpaired) electrons. The number of carboxylic acids is 1. The van der Waals surface area contributed by atoms with Crippen LogP contribution in [-0.4, -0.2) is 22.9 Å². The van der Waals surface area contributed by atoms with Crippen LogP contribution in [0.2, 0.25) is 0 Å². The van der Waals surface area contributed by atoms with Gasteiger partial charge in [0.05, 0.1) is 5.71 Å². The van der Waals surface area contributed by atoms with Crippen molar-refractivity contribution in [1.29, 1.82) is 0 Å². The second-order valence-corrected chi connectivity index (χ2v) is 3.54. The molecule has 1 atom stereocenters. The van der Waals surface area contributed by atoms with Crippen molar-refractivity contribution < 1.29 is 14.7 Å². The van der Waals surface area contributed by atoms with E-state index in [1.807, 2.05) is 31.2 Å². The fourth-order valence-corrected chi connectivity index (χ4v) is 1.50. The number of hydrogen-bond donors (Lipinski definition) is 1. The molecular formula is C11H11NO3. The maximum absolute atomic E-state index is 10.6. The van der Waals surface area contributed by atoms with Crippen LogP contribution in [-0.2, 0) is 9.63 Å².